The molecule has 4 unspecified atom stereocenters. The van der Waals surface area contributed by atoms with E-state index >= 15 is 0 Å². The number of allylic oxidation sites excluding steroid dienone is 4. The zero-order valence-electron chi connectivity index (χ0n) is 33.8. The van der Waals surface area contributed by atoms with E-state index in [0.717, 1.165) is 24.2 Å². The van der Waals surface area contributed by atoms with Crippen molar-refractivity contribution in [3.63, 3.8) is 0 Å². The van der Waals surface area contributed by atoms with Gasteiger partial charge in [-0.2, -0.15) is 23.1 Å². The van der Waals surface area contributed by atoms with Crippen LogP contribution >= 0.6 is 0 Å². The maximum atomic E-state index is 3.38. The second-order valence-electron chi connectivity index (χ2n) is 18.4. The summed E-state index contributed by atoms with van der Waals surface area (Å²) >= 11 is 1.69. The first-order valence-electron chi connectivity index (χ1n) is 20.9. The summed E-state index contributed by atoms with van der Waals surface area (Å²) in [6.07, 6.45) is 25.7. The SMILES string of the molecule is Cc1cc2c(c(C)c1C)C(C)c1c3c(c4ccccc4c1-2)C(C)C(C)C(C)[C-]3C.[C-]1=CC(C23CC4CC(CC(C4)C2)C3)=CC1.[Cl-].[Cl-].[Zr+2]=[C]1CCCCC1. The van der Waals surface area contributed by atoms with Gasteiger partial charge < -0.3 is 24.8 Å². The Labute approximate surface area is 350 Å². The summed E-state index contributed by atoms with van der Waals surface area (Å²) in [4.78, 5) is 0. The number of halogens is 2. The van der Waals surface area contributed by atoms with Gasteiger partial charge in [-0.3, -0.25) is 6.08 Å². The van der Waals surface area contributed by atoms with Crippen LogP contribution in [0.3, 0.4) is 0 Å². The predicted octanol–water partition coefficient (Wildman–Crippen LogP) is 7.80. The van der Waals surface area contributed by atoms with Crippen molar-refractivity contribution in [1.82, 2.24) is 0 Å². The van der Waals surface area contributed by atoms with Crippen molar-refractivity contribution < 1.29 is 49.0 Å². The fraction of sp³-hybridized carbons (Fsp3) is 0.560. The predicted molar refractivity (Wildman–Crippen MR) is 215 cm³/mol. The Balaban J connectivity index is 0.000000166. The van der Waals surface area contributed by atoms with Crippen LogP contribution in [0.25, 0.3) is 21.9 Å². The number of hydrogen-bond acceptors (Lipinski definition) is 0. The van der Waals surface area contributed by atoms with Crippen LogP contribution in [0.4, 0.5) is 0 Å². The Bertz CT molecular complexity index is 1880. The average molecular weight is 825 g/mol. The van der Waals surface area contributed by atoms with Crippen LogP contribution in [-0.2, 0) is 24.2 Å². The van der Waals surface area contributed by atoms with Crippen LogP contribution in [0.5, 0.6) is 0 Å². The summed E-state index contributed by atoms with van der Waals surface area (Å²) in [6.45, 7) is 19.1. The van der Waals surface area contributed by atoms with Gasteiger partial charge in [0.1, 0.15) is 0 Å². The zero-order valence-corrected chi connectivity index (χ0v) is 37.8. The van der Waals surface area contributed by atoms with Gasteiger partial charge in [0.05, 0.1) is 0 Å². The minimum atomic E-state index is 0. The van der Waals surface area contributed by atoms with E-state index in [0.29, 0.717) is 29.1 Å². The van der Waals surface area contributed by atoms with E-state index in [1.165, 1.54) is 90.0 Å². The van der Waals surface area contributed by atoms with Crippen molar-refractivity contribution in [1.29, 1.82) is 0 Å². The maximum absolute atomic E-state index is 3.38. The fourth-order valence-corrected chi connectivity index (χ4v) is 13.5. The molecule has 0 aliphatic heterocycles. The van der Waals surface area contributed by atoms with Gasteiger partial charge in [0.2, 0.25) is 0 Å². The Morgan fingerprint density at radius 2 is 1.38 bits per heavy atom. The van der Waals surface area contributed by atoms with Crippen LogP contribution in [0.15, 0.2) is 48.1 Å². The van der Waals surface area contributed by atoms with E-state index in [2.05, 4.69) is 104 Å². The molecule has 282 valence electrons. The van der Waals surface area contributed by atoms with Gasteiger partial charge in [0, 0.05) is 0 Å². The minimum absolute atomic E-state index is 0. The van der Waals surface area contributed by atoms with Crippen molar-refractivity contribution in [3.05, 3.63) is 99.0 Å². The van der Waals surface area contributed by atoms with E-state index < -0.39 is 0 Å². The Hall–Kier alpha value is -1.40. The van der Waals surface area contributed by atoms with E-state index in [1.807, 2.05) is 0 Å². The first-order valence-corrected chi connectivity index (χ1v) is 22.1. The topological polar surface area (TPSA) is 0 Å². The van der Waals surface area contributed by atoms with Gasteiger partial charge >= 0.3 is 59.5 Å². The molecule has 5 fully saturated rings. The number of fused-ring (bicyclic) bond motifs is 8. The first kappa shape index (κ1) is 41.2. The molecule has 0 N–H and O–H groups in total. The first-order chi connectivity index (χ1) is 24.5. The average Bonchev–Trinajstić information content (AvgIpc) is 3.77. The summed E-state index contributed by atoms with van der Waals surface area (Å²) in [6, 6.07) is 11.7. The van der Waals surface area contributed by atoms with Crippen LogP contribution in [0, 0.1) is 67.8 Å². The standard InChI is InChI=1S/C29H33.C15H19.C6H10.2ClH.Zr/c1-14-13-24-25(18(5)15(14)2)21(8)28-27-20(7)17(4)16(3)19(6)26(27)22-11-9-10-12-23(22)29(24)28;1-2-4-14(3-1)15-8-11-5-12(9-15)7-13(6-11)10-15;1-2-4-6-5-3-1;;;/h9-13,16-17,19,21H,1-8H3;3-4,11-13H,1,5-10H2;1-5H2;2*1H;/q2*-1;;;;+2/p-2. The number of aryl methyl sites for hydroxylation is 1. The molecule has 0 aromatic heterocycles. The molecule has 8 aliphatic carbocycles. The third-order valence-electron chi connectivity index (χ3n) is 15.6. The van der Waals surface area contributed by atoms with Crippen LogP contribution < -0.4 is 24.8 Å². The molecule has 0 spiro atoms. The van der Waals surface area contributed by atoms with Crippen molar-refractivity contribution in [2.75, 3.05) is 0 Å². The summed E-state index contributed by atoms with van der Waals surface area (Å²) in [7, 11) is 0. The monoisotopic (exact) mass is 822 g/mol. The van der Waals surface area contributed by atoms with Crippen LogP contribution in [0.2, 0.25) is 0 Å². The molecular formula is C50H62Cl2Zr-2. The molecule has 0 saturated heterocycles. The third kappa shape index (κ3) is 7.12. The van der Waals surface area contributed by atoms with Crippen LogP contribution in [0.1, 0.15) is 162 Å². The number of rotatable bonds is 1. The molecule has 8 aliphatic rings. The molecule has 3 aromatic rings. The quantitative estimate of drug-likeness (QED) is 0.220. The second-order valence-corrected chi connectivity index (χ2v) is 20.2. The fourth-order valence-electron chi connectivity index (χ4n) is 12.6. The molecular weight excluding hydrogens is 763 g/mol. The molecule has 11 rings (SSSR count). The summed E-state index contributed by atoms with van der Waals surface area (Å²) in [5.74, 6) is 7.17. The zero-order chi connectivity index (χ0) is 35.8. The molecule has 4 atom stereocenters. The van der Waals surface area contributed by atoms with Gasteiger partial charge in [0.25, 0.3) is 0 Å². The van der Waals surface area contributed by atoms with E-state index in [-0.39, 0.29) is 24.8 Å². The molecule has 53 heavy (non-hydrogen) atoms. The van der Waals surface area contributed by atoms with Gasteiger partial charge in [-0.05, 0) is 96.9 Å². The number of hydrogen-bond donors (Lipinski definition) is 0. The van der Waals surface area contributed by atoms with E-state index in [4.69, 9.17) is 0 Å². The number of benzene rings is 3. The second kappa shape index (κ2) is 16.2. The molecule has 0 nitrogen and oxygen atoms in total. The van der Waals surface area contributed by atoms with E-state index in [1.54, 1.807) is 80.4 Å². The normalized spacial score (nSPS) is 31.3. The Morgan fingerprint density at radius 1 is 0.774 bits per heavy atom. The molecule has 0 heterocycles. The van der Waals surface area contributed by atoms with Crippen molar-refractivity contribution in [3.8, 4) is 11.1 Å². The molecule has 0 amide bonds. The molecule has 0 radical (unpaired) electrons. The summed E-state index contributed by atoms with van der Waals surface area (Å²) in [5, 5.41) is 2.93. The molecule has 3 heteroatoms. The third-order valence-corrected chi connectivity index (χ3v) is 16.8. The molecule has 5 saturated carbocycles. The van der Waals surface area contributed by atoms with Crippen molar-refractivity contribution in [2.24, 2.45) is 35.0 Å². The van der Waals surface area contributed by atoms with Gasteiger partial charge in [0.15, 0.2) is 0 Å². The summed E-state index contributed by atoms with van der Waals surface area (Å²) < 4.78 is 1.80. The Morgan fingerprint density at radius 3 is 1.92 bits per heavy atom. The molecule has 4 bridgehead atoms. The van der Waals surface area contributed by atoms with E-state index in [9.17, 15) is 0 Å². The Kier molecular flexibility index (Phi) is 12.6. The molecule has 3 aromatic carbocycles. The van der Waals surface area contributed by atoms with Gasteiger partial charge in [-0.15, -0.1) is 17.5 Å². The van der Waals surface area contributed by atoms with Gasteiger partial charge in [-0.1, -0.05) is 118 Å². The van der Waals surface area contributed by atoms with Crippen molar-refractivity contribution in [2.45, 2.75) is 144 Å². The van der Waals surface area contributed by atoms with Crippen molar-refractivity contribution >= 4 is 14.0 Å². The van der Waals surface area contributed by atoms with Gasteiger partial charge in [-0.25, -0.2) is 6.08 Å². The van der Waals surface area contributed by atoms with Crippen LogP contribution in [-0.4, -0.2) is 3.21 Å². The summed E-state index contributed by atoms with van der Waals surface area (Å²) in [5.41, 5.74) is 16.0.